The number of anilines is 1. The molecular formula is C61H64ClF2N9O8S. The first kappa shape index (κ1) is 57.7. The standard InChI is InChI=1S/C61H64ClF2N9O8S/c1-6-52(77)72-22-21-71(31-41(72)15-18-65)58-46-29-47(62)54(45-27-42(74)26-40-9-7-8-10-44(40)45)55(63)56(46)67-60(68-58)79-24-23-70-19-16-61(64,17-20-70)33-80-51-30-50(81-69-51)53(35(2)3)59(78)73-32-43(75)28-48(73)49(76)25-36(4)38-11-13-39(14-12-38)57-37(5)66-34-82-57/h6-14,26-27,29-30,34-36,41,43,48,53,74-75H,1,15-17,19-25,28,31-33H2,2-5H3/t36-,41+,43-,48+,53+/m1/s1. The van der Waals surface area contributed by atoms with Crippen molar-refractivity contribution in [2.24, 2.45) is 5.92 Å². The molecule has 3 aliphatic rings. The number of fused-ring (bicyclic) bond motifs is 2. The monoisotopic (exact) mass is 1160 g/mol. The van der Waals surface area contributed by atoms with Gasteiger partial charge in [0.2, 0.25) is 11.8 Å². The number of Topliss-reactive ketones (excluding diaryl/α,β-unsaturated/α-hetero) is 1. The smallest absolute Gasteiger partial charge is 0.319 e. The zero-order chi connectivity index (χ0) is 58.0. The molecule has 0 unspecified atom stereocenters. The van der Waals surface area contributed by atoms with Gasteiger partial charge >= 0.3 is 6.01 Å². The molecule has 2 N–H and O–H groups in total. The van der Waals surface area contributed by atoms with E-state index in [1.807, 2.05) is 85.5 Å². The predicted molar refractivity (Wildman–Crippen MR) is 308 cm³/mol. The highest BCUT2D eigenvalue weighted by molar-refractivity contribution is 7.13. The third-order valence-electron chi connectivity index (χ3n) is 16.1. The van der Waals surface area contributed by atoms with Crippen LogP contribution in [-0.2, 0) is 14.4 Å². The van der Waals surface area contributed by atoms with Crippen LogP contribution in [-0.4, -0.2) is 146 Å². The number of aryl methyl sites for hydroxylation is 1. The Bertz CT molecular complexity index is 3570. The maximum absolute atomic E-state index is 17.3. The minimum absolute atomic E-state index is 0.000775. The maximum atomic E-state index is 17.3. The topological polar surface area (TPSA) is 212 Å². The van der Waals surface area contributed by atoms with Crippen LogP contribution >= 0.6 is 22.9 Å². The number of piperazine rings is 1. The number of hydrogen-bond acceptors (Lipinski definition) is 16. The average Bonchev–Trinajstić information content (AvgIpc) is 3.19. The van der Waals surface area contributed by atoms with E-state index in [-0.39, 0.29) is 146 Å². The summed E-state index contributed by atoms with van der Waals surface area (Å²) in [4.78, 5) is 62.8. The highest BCUT2D eigenvalue weighted by atomic mass is 35.5. The summed E-state index contributed by atoms with van der Waals surface area (Å²) in [5.41, 5.74) is 3.39. The molecule has 0 saturated carbocycles. The number of β-amino-alcohol motifs (C(OH)–C–C–N with tert-alkyl or cyclic N) is 1. The Morgan fingerprint density at radius 1 is 1.00 bits per heavy atom. The summed E-state index contributed by atoms with van der Waals surface area (Å²) in [7, 11) is 0. The van der Waals surface area contributed by atoms with Crippen LogP contribution in [0, 0.1) is 30.0 Å². The van der Waals surface area contributed by atoms with Gasteiger partial charge in [0.25, 0.3) is 5.88 Å². The number of ether oxygens (including phenoxy) is 2. The van der Waals surface area contributed by atoms with Crippen molar-refractivity contribution in [1.29, 1.82) is 5.26 Å². The fourth-order valence-corrected chi connectivity index (χ4v) is 12.7. The van der Waals surface area contributed by atoms with Crippen molar-refractivity contribution in [2.45, 2.75) is 95.5 Å². The number of piperidine rings is 1. The van der Waals surface area contributed by atoms with E-state index < -0.39 is 35.6 Å². The fraction of sp³-hybridized carbons (Fsp3) is 0.410. The van der Waals surface area contributed by atoms with Crippen molar-refractivity contribution < 1.29 is 47.4 Å². The second-order valence-electron chi connectivity index (χ2n) is 22.0. The SMILES string of the molecule is C=CC(=O)N1CCN(c2nc(OCCN3CCC(F)(COc4cc([C@@H](C(=O)N5C[C@H](O)C[C@H]5C(=O)C[C@@H](C)c5ccc(-c6scnc6C)cc5)C(C)C)on4)CC3)nc3c(F)c(-c4cc(O)cc5ccccc45)c(Cl)cc23)C[C@@H]1CC#N. The van der Waals surface area contributed by atoms with Crippen LogP contribution in [0.1, 0.15) is 81.7 Å². The molecule has 17 nitrogen and oxygen atoms in total. The predicted octanol–water partition coefficient (Wildman–Crippen LogP) is 10.2. The molecule has 21 heteroatoms. The molecule has 0 bridgehead atoms. The van der Waals surface area contributed by atoms with Gasteiger partial charge in [0.15, 0.2) is 17.4 Å². The number of hydrogen-bond donors (Lipinski definition) is 2. The minimum Gasteiger partial charge on any atom is -0.508 e. The lowest BCUT2D eigenvalue weighted by Gasteiger charge is -2.41. The first-order valence-corrected chi connectivity index (χ1v) is 28.8. The lowest BCUT2D eigenvalue weighted by Crippen LogP contribution is -2.55. The fourth-order valence-electron chi connectivity index (χ4n) is 11.6. The van der Waals surface area contributed by atoms with Crippen LogP contribution in [0.3, 0.4) is 0 Å². The Balaban J connectivity index is 0.775. The summed E-state index contributed by atoms with van der Waals surface area (Å²) >= 11 is 8.52. The van der Waals surface area contributed by atoms with Crippen molar-refractivity contribution in [3.63, 3.8) is 0 Å². The zero-order valence-corrected chi connectivity index (χ0v) is 47.6. The number of rotatable bonds is 19. The van der Waals surface area contributed by atoms with E-state index in [1.54, 1.807) is 34.4 Å². The number of aromatic hydroxyl groups is 1. The number of carbonyl (C=O) groups is 3. The number of carbonyl (C=O) groups excluding carboxylic acids is 3. The molecule has 3 aliphatic heterocycles. The number of thiazole rings is 1. The maximum Gasteiger partial charge on any atom is 0.319 e. The second kappa shape index (κ2) is 24.5. The molecule has 3 saturated heterocycles. The van der Waals surface area contributed by atoms with Gasteiger partial charge in [-0.1, -0.05) is 87.5 Å². The van der Waals surface area contributed by atoms with Crippen molar-refractivity contribution in [3.8, 4) is 45.3 Å². The van der Waals surface area contributed by atoms with Crippen molar-refractivity contribution in [3.05, 3.63) is 119 Å². The number of aliphatic hydroxyl groups excluding tert-OH is 1. The Labute approximate surface area is 482 Å². The minimum atomic E-state index is -1.72. The molecule has 3 fully saturated rings. The number of phenols is 1. The number of aliphatic hydroxyl groups is 1. The molecule has 2 amide bonds. The van der Waals surface area contributed by atoms with Crippen LogP contribution in [0.5, 0.6) is 17.6 Å². The molecule has 10 rings (SSSR count). The number of phenolic OH excluding ortho intramolecular Hbond substituents is 1. The van der Waals surface area contributed by atoms with Gasteiger partial charge in [-0.15, -0.1) is 11.3 Å². The lowest BCUT2D eigenvalue weighted by molar-refractivity contribution is -0.140. The van der Waals surface area contributed by atoms with E-state index in [9.17, 15) is 29.9 Å². The van der Waals surface area contributed by atoms with Crippen molar-refractivity contribution >= 4 is 68.0 Å². The molecule has 5 atom stereocenters. The molecule has 82 heavy (non-hydrogen) atoms. The first-order valence-electron chi connectivity index (χ1n) is 27.5. The van der Waals surface area contributed by atoms with E-state index in [1.165, 1.54) is 23.1 Å². The van der Waals surface area contributed by atoms with Crippen LogP contribution in [0.25, 0.3) is 43.2 Å². The van der Waals surface area contributed by atoms with Crippen LogP contribution in [0.4, 0.5) is 14.6 Å². The Kier molecular flexibility index (Phi) is 17.2. The average molecular weight is 1160 g/mol. The summed E-state index contributed by atoms with van der Waals surface area (Å²) < 4.78 is 51.5. The van der Waals surface area contributed by atoms with Gasteiger partial charge in [0, 0.05) is 75.7 Å². The number of likely N-dealkylation sites (tertiary alicyclic amines) is 2. The van der Waals surface area contributed by atoms with E-state index >= 15 is 8.78 Å². The van der Waals surface area contributed by atoms with Gasteiger partial charge in [-0.05, 0) is 88.5 Å². The quantitative estimate of drug-likeness (QED) is 0.0721. The summed E-state index contributed by atoms with van der Waals surface area (Å²) in [6.45, 7) is 12.8. The summed E-state index contributed by atoms with van der Waals surface area (Å²) in [5.74, 6) is -2.42. The van der Waals surface area contributed by atoms with Gasteiger partial charge in [-0.25, -0.2) is 13.8 Å². The number of alkyl halides is 1. The Hall–Kier alpha value is -7.57. The summed E-state index contributed by atoms with van der Waals surface area (Å²) in [5, 5.41) is 36.9. The number of halogens is 3. The molecule has 3 aromatic heterocycles. The Morgan fingerprint density at radius 2 is 1.77 bits per heavy atom. The number of ketones is 1. The number of nitriles is 1. The van der Waals surface area contributed by atoms with Gasteiger partial charge < -0.3 is 38.9 Å². The van der Waals surface area contributed by atoms with Crippen LogP contribution in [0.15, 0.2) is 95.5 Å². The highest BCUT2D eigenvalue weighted by Gasteiger charge is 2.44. The molecule has 0 radical (unpaired) electrons. The highest BCUT2D eigenvalue weighted by Crippen LogP contribution is 2.43. The molecule has 0 spiro atoms. The van der Waals surface area contributed by atoms with E-state index in [0.29, 0.717) is 41.8 Å². The Morgan fingerprint density at radius 3 is 2.49 bits per heavy atom. The van der Waals surface area contributed by atoms with Crippen LogP contribution in [0.2, 0.25) is 5.02 Å². The van der Waals surface area contributed by atoms with E-state index in [4.69, 9.17) is 30.6 Å². The van der Waals surface area contributed by atoms with Crippen molar-refractivity contribution in [2.75, 3.05) is 63.9 Å². The number of amides is 2. The van der Waals surface area contributed by atoms with Gasteiger partial charge in [-0.2, -0.15) is 15.2 Å². The first-order chi connectivity index (χ1) is 39.4. The second-order valence-corrected chi connectivity index (χ2v) is 23.2. The number of benzene rings is 4. The van der Waals surface area contributed by atoms with Gasteiger partial charge in [-0.3, -0.25) is 19.3 Å². The largest absolute Gasteiger partial charge is 0.508 e. The van der Waals surface area contributed by atoms with E-state index in [2.05, 4.69) is 27.8 Å². The molecule has 6 heterocycles. The molecule has 4 aromatic carbocycles. The molecule has 7 aromatic rings. The normalized spacial score (nSPS) is 19.1. The van der Waals surface area contributed by atoms with E-state index in [0.717, 1.165) is 21.7 Å². The molecule has 428 valence electrons. The zero-order valence-electron chi connectivity index (χ0n) is 46.1. The number of aromatic nitrogens is 4. The molecule has 0 aliphatic carbocycles. The van der Waals surface area contributed by atoms with Crippen LogP contribution < -0.4 is 14.4 Å². The van der Waals surface area contributed by atoms with Gasteiger partial charge in [0.1, 0.15) is 41.9 Å². The number of nitrogens with zero attached hydrogens (tertiary/aromatic N) is 9. The summed E-state index contributed by atoms with van der Waals surface area (Å²) in [6.07, 6.45) is 0.914. The third kappa shape index (κ3) is 12.1. The summed E-state index contributed by atoms with van der Waals surface area (Å²) in [6, 6.07) is 22.1. The molecular weight excluding hydrogens is 1090 g/mol. The van der Waals surface area contributed by atoms with Crippen molar-refractivity contribution in [1.82, 2.24) is 34.8 Å². The third-order valence-corrected chi connectivity index (χ3v) is 17.3. The van der Waals surface area contributed by atoms with Gasteiger partial charge in [0.05, 0.1) is 51.8 Å². The lowest BCUT2D eigenvalue weighted by atomic mass is 9.89.